The van der Waals surface area contributed by atoms with Crippen molar-refractivity contribution in [2.45, 2.75) is 44.6 Å². The molecule has 4 nitrogen and oxygen atoms in total. The highest BCUT2D eigenvalue weighted by molar-refractivity contribution is 5.42. The van der Waals surface area contributed by atoms with Crippen LogP contribution in [0.25, 0.3) is 0 Å². The highest BCUT2D eigenvalue weighted by Gasteiger charge is 2.53. The summed E-state index contributed by atoms with van der Waals surface area (Å²) in [6.45, 7) is 6.17. The van der Waals surface area contributed by atoms with Gasteiger partial charge in [0.25, 0.3) is 5.92 Å². The van der Waals surface area contributed by atoms with Gasteiger partial charge in [0.1, 0.15) is 12.2 Å². The van der Waals surface area contributed by atoms with Crippen LogP contribution < -0.4 is 5.32 Å². The second-order valence-corrected chi connectivity index (χ2v) is 8.42. The smallest absolute Gasteiger partial charge is 0.274 e. The van der Waals surface area contributed by atoms with Gasteiger partial charge >= 0.3 is 0 Å². The average Bonchev–Trinajstić information content (AvgIpc) is 2.65. The summed E-state index contributed by atoms with van der Waals surface area (Å²) in [6.07, 6.45) is 2.28. The number of aliphatic hydroxyl groups is 2. The van der Waals surface area contributed by atoms with Crippen molar-refractivity contribution in [2.24, 2.45) is 5.41 Å². The molecule has 0 bridgehead atoms. The van der Waals surface area contributed by atoms with Crippen LogP contribution in [0, 0.1) is 5.41 Å². The third-order valence-corrected chi connectivity index (χ3v) is 5.81. The maximum Gasteiger partial charge on any atom is 0.274 e. The molecule has 152 valence electrons. The molecule has 1 saturated heterocycles. The summed E-state index contributed by atoms with van der Waals surface area (Å²) in [5, 5.41) is 24.0. The van der Waals surface area contributed by atoms with Crippen LogP contribution in [0.1, 0.15) is 48.9 Å². The van der Waals surface area contributed by atoms with Crippen molar-refractivity contribution in [1.82, 2.24) is 10.3 Å². The molecule has 1 aliphatic heterocycles. The minimum atomic E-state index is -3.22. The molecule has 0 spiro atoms. The van der Waals surface area contributed by atoms with Crippen molar-refractivity contribution in [1.29, 1.82) is 0 Å². The Hall–Kier alpha value is -1.89. The largest absolute Gasteiger partial charge is 0.390 e. The zero-order valence-electron chi connectivity index (χ0n) is 16.5. The molecule has 1 aromatic carbocycles. The number of hydrogen-bond donors (Lipinski definition) is 3. The first kappa shape index (κ1) is 20.8. The van der Waals surface area contributed by atoms with E-state index in [-0.39, 0.29) is 5.56 Å². The monoisotopic (exact) mass is 390 g/mol. The van der Waals surface area contributed by atoms with E-state index >= 15 is 0 Å². The fourth-order valence-electron chi connectivity index (χ4n) is 3.87. The van der Waals surface area contributed by atoms with Gasteiger partial charge < -0.3 is 15.5 Å². The van der Waals surface area contributed by atoms with E-state index in [2.05, 4.69) is 24.1 Å². The fourth-order valence-corrected chi connectivity index (χ4v) is 3.87. The molecule has 3 rings (SSSR count). The summed E-state index contributed by atoms with van der Waals surface area (Å²) >= 11 is 0. The van der Waals surface area contributed by atoms with Gasteiger partial charge in [-0.15, -0.1) is 0 Å². The number of pyridine rings is 1. The van der Waals surface area contributed by atoms with E-state index in [0.717, 1.165) is 5.56 Å². The Morgan fingerprint density at radius 1 is 1.14 bits per heavy atom. The van der Waals surface area contributed by atoms with Crippen molar-refractivity contribution >= 4 is 0 Å². The first-order chi connectivity index (χ1) is 13.1. The van der Waals surface area contributed by atoms with Crippen molar-refractivity contribution in [3.05, 3.63) is 65.0 Å². The number of halogens is 2. The zero-order valence-corrected chi connectivity index (χ0v) is 16.5. The normalized spacial score (nSPS) is 18.6. The van der Waals surface area contributed by atoms with Gasteiger partial charge in [-0.3, -0.25) is 4.98 Å². The fraction of sp³-hybridized carbons (Fsp3) is 0.500. The minimum absolute atomic E-state index is 0.282. The van der Waals surface area contributed by atoms with Gasteiger partial charge in [0.15, 0.2) is 0 Å². The number of nitrogens with one attached hydrogen (secondary N) is 1. The Balaban J connectivity index is 2.06. The molecule has 1 aromatic heterocycles. The molecule has 0 radical (unpaired) electrons. The predicted molar refractivity (Wildman–Crippen MR) is 104 cm³/mol. The van der Waals surface area contributed by atoms with Crippen LogP contribution in [0.3, 0.4) is 0 Å². The lowest BCUT2D eigenvalue weighted by Gasteiger charge is -2.52. The van der Waals surface area contributed by atoms with E-state index in [9.17, 15) is 13.9 Å². The number of rotatable bonds is 7. The van der Waals surface area contributed by atoms with Gasteiger partial charge in [0.05, 0.1) is 0 Å². The molecule has 1 atom stereocenters. The van der Waals surface area contributed by atoms with E-state index in [1.54, 1.807) is 12.3 Å². The van der Waals surface area contributed by atoms with Crippen molar-refractivity contribution in [3.63, 3.8) is 0 Å². The Morgan fingerprint density at radius 2 is 1.79 bits per heavy atom. The summed E-state index contributed by atoms with van der Waals surface area (Å²) < 4.78 is 27.3. The lowest BCUT2D eigenvalue weighted by molar-refractivity contribution is -0.0772. The van der Waals surface area contributed by atoms with Crippen LogP contribution >= 0.6 is 0 Å². The zero-order chi connectivity index (χ0) is 20.6. The van der Waals surface area contributed by atoms with Crippen LogP contribution in [0.2, 0.25) is 0 Å². The van der Waals surface area contributed by atoms with Crippen LogP contribution in [0.4, 0.5) is 8.78 Å². The Labute approximate surface area is 164 Å². The van der Waals surface area contributed by atoms with Gasteiger partial charge in [0.2, 0.25) is 0 Å². The molecule has 3 N–H and O–H groups in total. The van der Waals surface area contributed by atoms with Crippen molar-refractivity contribution < 1.29 is 19.0 Å². The van der Waals surface area contributed by atoms with Gasteiger partial charge in [-0.25, -0.2) is 8.78 Å². The molecular weight excluding hydrogens is 362 g/mol. The number of aromatic nitrogens is 1. The van der Waals surface area contributed by atoms with Crippen molar-refractivity contribution in [3.8, 4) is 0 Å². The summed E-state index contributed by atoms with van der Waals surface area (Å²) in [7, 11) is 0. The van der Waals surface area contributed by atoms with Crippen molar-refractivity contribution in [2.75, 3.05) is 19.7 Å². The van der Waals surface area contributed by atoms with Gasteiger partial charge in [-0.1, -0.05) is 45.0 Å². The standard InChI is InChI=1S/C22H28F2N2O2/c1-15(2)17-4-6-18(7-5-17)22(28,20(3)12-26-13-20)19-8-16(10-25-11-19)9-21(23,24)14-27/h4-8,10-11,15,26-28H,9,12-14H2,1-3H3/t22-/m0/s1. The molecular formula is C22H28F2N2O2. The second kappa shape index (κ2) is 7.50. The SMILES string of the molecule is CC(C)c1ccc([C@](O)(c2cncc(CC(F)(F)CO)c2)C2(C)CNC2)cc1. The Bertz CT molecular complexity index is 820. The number of hydrogen-bond acceptors (Lipinski definition) is 4. The van der Waals surface area contributed by atoms with Crippen LogP contribution in [0.15, 0.2) is 42.7 Å². The molecule has 0 saturated carbocycles. The number of aliphatic hydroxyl groups excluding tert-OH is 1. The van der Waals surface area contributed by atoms with Gasteiger partial charge in [0, 0.05) is 42.9 Å². The van der Waals surface area contributed by atoms with E-state index < -0.39 is 30.0 Å². The lowest BCUT2D eigenvalue weighted by atomic mass is 9.62. The van der Waals surface area contributed by atoms with Crippen LogP contribution in [-0.2, 0) is 12.0 Å². The lowest BCUT2D eigenvalue weighted by Crippen LogP contribution is -2.63. The summed E-state index contributed by atoms with van der Waals surface area (Å²) in [5.41, 5.74) is 0.785. The molecule has 2 aromatic rings. The van der Waals surface area contributed by atoms with E-state index in [1.165, 1.54) is 6.20 Å². The molecule has 2 heterocycles. The first-order valence-corrected chi connectivity index (χ1v) is 9.58. The maximum atomic E-state index is 13.7. The third kappa shape index (κ3) is 3.69. The topological polar surface area (TPSA) is 65.4 Å². The van der Waals surface area contributed by atoms with E-state index in [0.29, 0.717) is 30.1 Å². The minimum Gasteiger partial charge on any atom is -0.390 e. The quantitative estimate of drug-likeness (QED) is 0.679. The summed E-state index contributed by atoms with van der Waals surface area (Å²) in [6, 6.07) is 9.40. The molecule has 0 aliphatic carbocycles. The number of alkyl halides is 2. The maximum absolute atomic E-state index is 13.7. The molecule has 6 heteroatoms. The molecule has 0 amide bonds. The molecule has 28 heavy (non-hydrogen) atoms. The highest BCUT2D eigenvalue weighted by atomic mass is 19.3. The Kier molecular flexibility index (Phi) is 5.58. The van der Waals surface area contributed by atoms with Gasteiger partial charge in [-0.05, 0) is 28.7 Å². The highest BCUT2D eigenvalue weighted by Crippen LogP contribution is 2.47. The second-order valence-electron chi connectivity index (χ2n) is 8.42. The molecule has 0 unspecified atom stereocenters. The summed E-state index contributed by atoms with van der Waals surface area (Å²) in [4.78, 5) is 4.12. The first-order valence-electron chi connectivity index (χ1n) is 9.58. The summed E-state index contributed by atoms with van der Waals surface area (Å²) in [5.74, 6) is -2.85. The van der Waals surface area contributed by atoms with Gasteiger partial charge in [-0.2, -0.15) is 0 Å². The third-order valence-electron chi connectivity index (χ3n) is 5.81. The molecule has 1 fully saturated rings. The van der Waals surface area contributed by atoms with Crippen LogP contribution in [0.5, 0.6) is 0 Å². The number of nitrogens with zero attached hydrogens (tertiary/aromatic N) is 1. The van der Waals surface area contributed by atoms with E-state index in [1.807, 2.05) is 31.2 Å². The number of benzene rings is 1. The van der Waals surface area contributed by atoms with Crippen LogP contribution in [-0.4, -0.2) is 40.8 Å². The predicted octanol–water partition coefficient (Wildman–Crippen LogP) is 3.22. The Morgan fingerprint density at radius 3 is 2.29 bits per heavy atom. The molecule has 1 aliphatic rings. The van der Waals surface area contributed by atoms with E-state index in [4.69, 9.17) is 5.11 Å². The average molecular weight is 390 g/mol.